The lowest BCUT2D eigenvalue weighted by molar-refractivity contribution is -0.137. The summed E-state index contributed by atoms with van der Waals surface area (Å²) in [6.07, 6.45) is -0.0695. The average Bonchev–Trinajstić information content (AvgIpc) is 3.36. The minimum Gasteiger partial charge on any atom is -0.448 e. The largest absolute Gasteiger partial charge is 0.448 e. The maximum atomic E-state index is 15.0. The predicted molar refractivity (Wildman–Crippen MR) is 213 cm³/mol. The molecule has 1 atom stereocenters. The van der Waals surface area contributed by atoms with Crippen molar-refractivity contribution in [2.75, 3.05) is 46.5 Å². The molecule has 0 radical (unpaired) electrons. The zero-order valence-corrected chi connectivity index (χ0v) is 32.3. The van der Waals surface area contributed by atoms with E-state index in [0.29, 0.717) is 19.4 Å². The number of nitrogens with one attached hydrogen (secondary N) is 1. The third-order valence-electron chi connectivity index (χ3n) is 10.3. The predicted octanol–water partition coefficient (Wildman–Crippen LogP) is 7.43. The van der Waals surface area contributed by atoms with Crippen molar-refractivity contribution in [1.82, 2.24) is 20.0 Å². The van der Waals surface area contributed by atoms with Crippen molar-refractivity contribution in [3.8, 4) is 11.1 Å². The Balaban J connectivity index is 1.24. The van der Waals surface area contributed by atoms with Crippen LogP contribution in [0, 0.1) is 0 Å². The molecule has 4 aromatic carbocycles. The van der Waals surface area contributed by atoms with E-state index in [1.807, 2.05) is 96.9 Å². The highest BCUT2D eigenvalue weighted by molar-refractivity contribution is 5.88. The molecule has 1 saturated heterocycles. The summed E-state index contributed by atoms with van der Waals surface area (Å²) in [6, 6.07) is 35.6. The molecule has 0 spiro atoms. The normalized spacial score (nSPS) is 15.8. The lowest BCUT2D eigenvalue weighted by Crippen LogP contribution is -2.53. The van der Waals surface area contributed by atoms with E-state index in [-0.39, 0.29) is 62.9 Å². The fourth-order valence-corrected chi connectivity index (χ4v) is 7.59. The molecule has 1 aliphatic carbocycles. The Morgan fingerprint density at radius 3 is 1.96 bits per heavy atom. The van der Waals surface area contributed by atoms with Crippen LogP contribution in [0.2, 0.25) is 0 Å². The first kappa shape index (κ1) is 39.2. The summed E-state index contributed by atoms with van der Waals surface area (Å²) >= 11 is 0. The van der Waals surface area contributed by atoms with E-state index in [0.717, 1.165) is 33.4 Å². The van der Waals surface area contributed by atoms with Gasteiger partial charge in [-0.1, -0.05) is 109 Å². The van der Waals surface area contributed by atoms with Crippen LogP contribution in [0.25, 0.3) is 11.1 Å². The van der Waals surface area contributed by atoms with E-state index in [2.05, 4.69) is 29.6 Å². The Bertz CT molecular complexity index is 1860. The van der Waals surface area contributed by atoms with Crippen LogP contribution >= 0.6 is 0 Å². The third kappa shape index (κ3) is 9.99. The molecule has 4 aromatic rings. The molecule has 55 heavy (non-hydrogen) atoms. The topological polar surface area (TPSA) is 108 Å². The molecule has 1 heterocycles. The Morgan fingerprint density at radius 2 is 1.38 bits per heavy atom. The second-order valence-electron chi connectivity index (χ2n) is 15.5. The number of ketones is 1. The lowest BCUT2D eigenvalue weighted by atomic mass is 9.90. The molecule has 0 aromatic heterocycles. The second kappa shape index (κ2) is 17.8. The average molecular weight is 745 g/mol. The number of hydrogen-bond acceptors (Lipinski definition) is 7. The molecule has 288 valence electrons. The highest BCUT2D eigenvalue weighted by Gasteiger charge is 2.38. The van der Waals surface area contributed by atoms with Crippen LogP contribution in [0.4, 0.5) is 9.59 Å². The summed E-state index contributed by atoms with van der Waals surface area (Å²) in [5, 5.41) is 2.54. The molecule has 0 unspecified atom stereocenters. The summed E-state index contributed by atoms with van der Waals surface area (Å²) in [6.45, 7) is 6.50. The minimum atomic E-state index is -0.803. The van der Waals surface area contributed by atoms with E-state index < -0.39 is 23.8 Å². The molecule has 1 N–H and O–H groups in total. The monoisotopic (exact) mass is 744 g/mol. The molecule has 10 nitrogen and oxygen atoms in total. The van der Waals surface area contributed by atoms with Gasteiger partial charge in [0.25, 0.3) is 0 Å². The number of fused-ring (bicyclic) bond motifs is 3. The molecule has 10 heteroatoms. The number of hydrogen-bond donors (Lipinski definition) is 1. The molecule has 2 aliphatic rings. The maximum Gasteiger partial charge on any atom is 0.411 e. The van der Waals surface area contributed by atoms with Crippen molar-refractivity contribution in [2.24, 2.45) is 0 Å². The van der Waals surface area contributed by atoms with Crippen LogP contribution < -0.4 is 5.32 Å². The zero-order chi connectivity index (χ0) is 39.0. The lowest BCUT2D eigenvalue weighted by Gasteiger charge is -2.36. The van der Waals surface area contributed by atoms with Gasteiger partial charge in [0.05, 0.1) is 13.2 Å². The van der Waals surface area contributed by atoms with Gasteiger partial charge in [-0.15, -0.1) is 0 Å². The van der Waals surface area contributed by atoms with Crippen LogP contribution in [0.5, 0.6) is 0 Å². The number of amides is 3. The maximum absolute atomic E-state index is 15.0. The van der Waals surface area contributed by atoms with Gasteiger partial charge in [-0.05, 0) is 80.6 Å². The van der Waals surface area contributed by atoms with Crippen LogP contribution in [0.15, 0.2) is 109 Å². The van der Waals surface area contributed by atoms with Crippen LogP contribution in [0.3, 0.4) is 0 Å². The first-order chi connectivity index (χ1) is 26.5. The summed E-state index contributed by atoms with van der Waals surface area (Å²) in [4.78, 5) is 59.9. The van der Waals surface area contributed by atoms with Gasteiger partial charge in [-0.2, -0.15) is 0 Å². The smallest absolute Gasteiger partial charge is 0.411 e. The van der Waals surface area contributed by atoms with E-state index in [9.17, 15) is 19.2 Å². The van der Waals surface area contributed by atoms with Crippen molar-refractivity contribution >= 4 is 23.9 Å². The molecule has 3 amide bonds. The Morgan fingerprint density at radius 1 is 0.818 bits per heavy atom. The van der Waals surface area contributed by atoms with Gasteiger partial charge in [0, 0.05) is 31.3 Å². The number of carbonyl (C=O) groups excluding carboxylic acids is 4. The number of ether oxygens (including phenoxy) is 2. The van der Waals surface area contributed by atoms with E-state index in [4.69, 9.17) is 9.47 Å². The Kier molecular flexibility index (Phi) is 12.7. The number of nitrogens with zero attached hydrogens (tertiary/aromatic N) is 3. The van der Waals surface area contributed by atoms with Gasteiger partial charge in [0.2, 0.25) is 5.91 Å². The SMILES string of the molecule is CN1CCC[C@@H](C(=O)N(CCC(=O)CNC(=O)OC(C)(C)C)CC(c2ccccc2)c2ccccc2)N(C(=O)OCC2c3ccccc3-c3ccccc32)C1. The van der Waals surface area contributed by atoms with Crippen molar-refractivity contribution < 1.29 is 28.7 Å². The van der Waals surface area contributed by atoms with Crippen molar-refractivity contribution in [1.29, 1.82) is 0 Å². The molecule has 6 rings (SSSR count). The standard InChI is InChI=1S/C45H52N4O6/c1-45(2,3)55-43(52)46-28-34(50)25-27-48(29-39(32-16-7-5-8-17-32)33-18-9-6-10-19-33)42(51)41-24-15-26-47(4)31-49(41)44(53)54-30-40-37-22-13-11-20-35(37)36-21-12-14-23-38(36)40/h5-14,16-23,39-41H,15,24-31H2,1-4H3,(H,46,52)/t41-/m0/s1. The van der Waals surface area contributed by atoms with Gasteiger partial charge >= 0.3 is 12.2 Å². The van der Waals surface area contributed by atoms with Gasteiger partial charge in [-0.3, -0.25) is 19.4 Å². The molecule has 1 aliphatic heterocycles. The van der Waals surface area contributed by atoms with Crippen LogP contribution in [-0.4, -0.2) is 96.7 Å². The molecular formula is C45H52N4O6. The fourth-order valence-electron chi connectivity index (χ4n) is 7.59. The number of rotatable bonds is 12. The van der Waals surface area contributed by atoms with Crippen LogP contribution in [0.1, 0.15) is 74.1 Å². The van der Waals surface area contributed by atoms with Crippen molar-refractivity contribution in [3.63, 3.8) is 0 Å². The quantitative estimate of drug-likeness (QED) is 0.161. The van der Waals surface area contributed by atoms with Gasteiger partial charge in [0.1, 0.15) is 18.2 Å². The number of alkyl carbamates (subject to hydrolysis) is 1. The fraction of sp³-hybridized carbons (Fsp3) is 0.378. The number of carbonyl (C=O) groups is 4. The second-order valence-corrected chi connectivity index (χ2v) is 15.5. The number of Topliss-reactive ketones (excluding diaryl/α,β-unsaturated/α-hetero) is 1. The summed E-state index contributed by atoms with van der Waals surface area (Å²) in [5.74, 6) is -0.801. The van der Waals surface area contributed by atoms with E-state index >= 15 is 0 Å². The molecule has 1 fully saturated rings. The van der Waals surface area contributed by atoms with Crippen molar-refractivity contribution in [3.05, 3.63) is 131 Å². The van der Waals surface area contributed by atoms with Crippen LogP contribution in [-0.2, 0) is 19.1 Å². The Hall–Kier alpha value is -5.48. The van der Waals surface area contributed by atoms with E-state index in [1.54, 1.807) is 30.6 Å². The highest BCUT2D eigenvalue weighted by Crippen LogP contribution is 2.44. The van der Waals surface area contributed by atoms with Gasteiger partial charge < -0.3 is 19.7 Å². The first-order valence-electron chi connectivity index (χ1n) is 19.2. The zero-order valence-electron chi connectivity index (χ0n) is 32.3. The summed E-state index contributed by atoms with van der Waals surface area (Å²) < 4.78 is 11.4. The summed E-state index contributed by atoms with van der Waals surface area (Å²) in [5.41, 5.74) is 5.85. The van der Waals surface area contributed by atoms with E-state index in [1.165, 1.54) is 0 Å². The molecular weight excluding hydrogens is 693 g/mol. The Labute approximate surface area is 324 Å². The minimum absolute atomic E-state index is 0.00933. The van der Waals surface area contributed by atoms with Crippen molar-refractivity contribution in [2.45, 2.75) is 63.5 Å². The number of benzene rings is 4. The third-order valence-corrected chi connectivity index (χ3v) is 10.3. The molecule has 0 bridgehead atoms. The molecule has 0 saturated carbocycles. The van der Waals surface area contributed by atoms with Gasteiger partial charge in [-0.25, -0.2) is 9.59 Å². The summed E-state index contributed by atoms with van der Waals surface area (Å²) in [7, 11) is 1.94. The highest BCUT2D eigenvalue weighted by atomic mass is 16.6. The first-order valence-corrected chi connectivity index (χ1v) is 19.2. The van der Waals surface area contributed by atoms with Gasteiger partial charge in [0.15, 0.2) is 5.78 Å².